The molecule has 1 aromatic rings. The van der Waals surface area contributed by atoms with Crippen LogP contribution in [0, 0.1) is 0 Å². The summed E-state index contributed by atoms with van der Waals surface area (Å²) in [5.41, 5.74) is 0. The van der Waals surface area contributed by atoms with E-state index < -0.39 is 0 Å². The van der Waals surface area contributed by atoms with Crippen molar-refractivity contribution in [2.45, 2.75) is 28.2 Å². The Morgan fingerprint density at radius 3 is 2.79 bits per heavy atom. The molecule has 1 saturated carbocycles. The topological polar surface area (TPSA) is 12.0 Å². The van der Waals surface area contributed by atoms with Gasteiger partial charge in [0.2, 0.25) is 0 Å². The molecule has 0 bridgehead atoms. The standard InChI is InChI=1S/C10H14ClNS2/c1-12-7-10(5-2-6-10)14-9-4-3-8(11)13-9/h3-4,12H,2,5-7H2,1H3. The highest BCUT2D eigenvalue weighted by Gasteiger charge is 2.37. The number of nitrogens with one attached hydrogen (secondary N) is 1. The molecule has 14 heavy (non-hydrogen) atoms. The summed E-state index contributed by atoms with van der Waals surface area (Å²) < 4.78 is 2.69. The molecule has 4 heteroatoms. The molecule has 1 N–H and O–H groups in total. The molecule has 1 aromatic heterocycles. The van der Waals surface area contributed by atoms with E-state index in [4.69, 9.17) is 11.6 Å². The fourth-order valence-corrected chi connectivity index (χ4v) is 4.93. The summed E-state index contributed by atoms with van der Waals surface area (Å²) in [6, 6.07) is 4.12. The molecule has 0 radical (unpaired) electrons. The molecule has 0 atom stereocenters. The Kier molecular flexibility index (Phi) is 3.42. The van der Waals surface area contributed by atoms with Crippen molar-refractivity contribution in [2.24, 2.45) is 0 Å². The lowest BCUT2D eigenvalue weighted by Crippen LogP contribution is -2.42. The molecule has 0 saturated heterocycles. The number of rotatable bonds is 4. The van der Waals surface area contributed by atoms with Gasteiger partial charge in [0.1, 0.15) is 0 Å². The van der Waals surface area contributed by atoms with Gasteiger partial charge in [-0.3, -0.25) is 0 Å². The minimum absolute atomic E-state index is 0.447. The zero-order chi connectivity index (χ0) is 10.0. The third-order valence-electron chi connectivity index (χ3n) is 2.63. The van der Waals surface area contributed by atoms with Crippen LogP contribution >= 0.6 is 34.7 Å². The highest BCUT2D eigenvalue weighted by atomic mass is 35.5. The van der Waals surface area contributed by atoms with Gasteiger partial charge in [-0.15, -0.1) is 23.1 Å². The van der Waals surface area contributed by atoms with E-state index in [1.807, 2.05) is 24.9 Å². The van der Waals surface area contributed by atoms with Gasteiger partial charge in [0, 0.05) is 11.3 Å². The lowest BCUT2D eigenvalue weighted by Gasteiger charge is -2.40. The first-order valence-electron chi connectivity index (χ1n) is 4.83. The maximum absolute atomic E-state index is 5.92. The first kappa shape index (κ1) is 10.8. The van der Waals surface area contributed by atoms with Gasteiger partial charge in [-0.25, -0.2) is 0 Å². The summed E-state index contributed by atoms with van der Waals surface area (Å²) in [4.78, 5) is 0. The SMILES string of the molecule is CNCC1(Sc2ccc(Cl)s2)CCC1. The average molecular weight is 248 g/mol. The van der Waals surface area contributed by atoms with Crippen LogP contribution in [0.4, 0.5) is 0 Å². The van der Waals surface area contributed by atoms with E-state index in [0.717, 1.165) is 10.9 Å². The van der Waals surface area contributed by atoms with Crippen LogP contribution in [0.5, 0.6) is 0 Å². The predicted molar refractivity (Wildman–Crippen MR) is 65.7 cm³/mol. The normalized spacial score (nSPS) is 19.3. The van der Waals surface area contributed by atoms with Gasteiger partial charge < -0.3 is 5.32 Å². The van der Waals surface area contributed by atoms with Gasteiger partial charge in [-0.1, -0.05) is 18.0 Å². The largest absolute Gasteiger partial charge is 0.318 e. The minimum atomic E-state index is 0.447. The molecule has 1 heterocycles. The monoisotopic (exact) mass is 247 g/mol. The number of hydrogen-bond donors (Lipinski definition) is 1. The fraction of sp³-hybridized carbons (Fsp3) is 0.600. The highest BCUT2D eigenvalue weighted by Crippen LogP contribution is 2.49. The van der Waals surface area contributed by atoms with Crippen molar-refractivity contribution >= 4 is 34.7 Å². The minimum Gasteiger partial charge on any atom is -0.318 e. The molecule has 1 nitrogen and oxygen atoms in total. The van der Waals surface area contributed by atoms with Crippen LogP contribution in [0.2, 0.25) is 4.34 Å². The highest BCUT2D eigenvalue weighted by molar-refractivity contribution is 8.02. The van der Waals surface area contributed by atoms with Crippen LogP contribution in [0.25, 0.3) is 0 Å². The molecule has 1 aliphatic carbocycles. The van der Waals surface area contributed by atoms with Gasteiger partial charge >= 0.3 is 0 Å². The Morgan fingerprint density at radius 2 is 2.36 bits per heavy atom. The molecule has 0 aliphatic heterocycles. The Labute approximate surface area is 98.2 Å². The van der Waals surface area contributed by atoms with E-state index >= 15 is 0 Å². The molecule has 0 unspecified atom stereocenters. The molecule has 0 aromatic carbocycles. The van der Waals surface area contributed by atoms with Crippen molar-refractivity contribution < 1.29 is 0 Å². The summed E-state index contributed by atoms with van der Waals surface area (Å²) in [7, 11) is 2.03. The Morgan fingerprint density at radius 1 is 1.57 bits per heavy atom. The maximum atomic E-state index is 5.92. The third kappa shape index (κ3) is 2.27. The van der Waals surface area contributed by atoms with Crippen molar-refractivity contribution in [2.75, 3.05) is 13.6 Å². The van der Waals surface area contributed by atoms with Crippen molar-refractivity contribution in [3.8, 4) is 0 Å². The van der Waals surface area contributed by atoms with E-state index in [2.05, 4.69) is 11.4 Å². The third-order valence-corrected chi connectivity index (χ3v) is 5.48. The van der Waals surface area contributed by atoms with Gasteiger partial charge in [0.25, 0.3) is 0 Å². The molecule has 0 spiro atoms. The average Bonchev–Trinajstić information content (AvgIpc) is 2.48. The summed E-state index contributed by atoms with van der Waals surface area (Å²) in [5, 5.41) is 3.29. The molecule has 1 fully saturated rings. The molecular weight excluding hydrogens is 234 g/mol. The van der Waals surface area contributed by atoms with Gasteiger partial charge in [0.05, 0.1) is 8.55 Å². The van der Waals surface area contributed by atoms with E-state index in [0.29, 0.717) is 4.75 Å². The molecular formula is C10H14ClNS2. The second kappa shape index (κ2) is 4.44. The molecule has 0 amide bonds. The Bertz CT molecular complexity index is 307. The van der Waals surface area contributed by atoms with E-state index in [-0.39, 0.29) is 0 Å². The van der Waals surface area contributed by atoms with E-state index in [1.165, 1.54) is 23.5 Å². The van der Waals surface area contributed by atoms with Crippen molar-refractivity contribution in [3.05, 3.63) is 16.5 Å². The Hall–Kier alpha value is 0.300. The van der Waals surface area contributed by atoms with Crippen LogP contribution in [-0.2, 0) is 0 Å². The van der Waals surface area contributed by atoms with Crippen LogP contribution in [0.1, 0.15) is 19.3 Å². The number of hydrogen-bond acceptors (Lipinski definition) is 3. The number of thiophene rings is 1. The zero-order valence-electron chi connectivity index (χ0n) is 8.18. The van der Waals surface area contributed by atoms with Crippen LogP contribution < -0.4 is 5.32 Å². The van der Waals surface area contributed by atoms with Gasteiger partial charge in [0.15, 0.2) is 0 Å². The van der Waals surface area contributed by atoms with Crippen LogP contribution in [-0.4, -0.2) is 18.3 Å². The fourth-order valence-electron chi connectivity index (χ4n) is 1.77. The molecule has 1 aliphatic rings. The zero-order valence-corrected chi connectivity index (χ0v) is 10.6. The smallest absolute Gasteiger partial charge is 0.0940 e. The van der Waals surface area contributed by atoms with Crippen molar-refractivity contribution in [1.82, 2.24) is 5.32 Å². The number of halogens is 1. The molecule has 78 valence electrons. The maximum Gasteiger partial charge on any atom is 0.0940 e. The van der Waals surface area contributed by atoms with Crippen molar-refractivity contribution in [1.29, 1.82) is 0 Å². The predicted octanol–water partition coefficient (Wildman–Crippen LogP) is 3.64. The van der Waals surface area contributed by atoms with E-state index in [1.54, 1.807) is 11.3 Å². The molecule has 2 rings (SSSR count). The van der Waals surface area contributed by atoms with Gasteiger partial charge in [-0.05, 0) is 32.0 Å². The van der Waals surface area contributed by atoms with Crippen LogP contribution in [0.15, 0.2) is 16.3 Å². The van der Waals surface area contributed by atoms with Crippen LogP contribution in [0.3, 0.4) is 0 Å². The van der Waals surface area contributed by atoms with E-state index in [9.17, 15) is 0 Å². The van der Waals surface area contributed by atoms with Crippen molar-refractivity contribution in [3.63, 3.8) is 0 Å². The summed E-state index contributed by atoms with van der Waals surface area (Å²) in [6.45, 7) is 1.10. The lowest BCUT2D eigenvalue weighted by atomic mass is 9.84. The first-order valence-corrected chi connectivity index (χ1v) is 6.84. The lowest BCUT2D eigenvalue weighted by molar-refractivity contribution is 0.353. The number of thioether (sulfide) groups is 1. The quantitative estimate of drug-likeness (QED) is 0.872. The Balaban J connectivity index is 2.01. The summed E-state index contributed by atoms with van der Waals surface area (Å²) in [5.74, 6) is 0. The summed E-state index contributed by atoms with van der Waals surface area (Å²) >= 11 is 9.60. The second-order valence-electron chi connectivity index (χ2n) is 3.73. The first-order chi connectivity index (χ1) is 6.74. The van der Waals surface area contributed by atoms with Gasteiger partial charge in [-0.2, -0.15) is 0 Å². The second-order valence-corrected chi connectivity index (χ2v) is 7.21. The summed E-state index contributed by atoms with van der Waals surface area (Å²) in [6.07, 6.45) is 4.02.